The molecule has 8 heteroatoms. The molecule has 2 aliphatic heterocycles. The molecule has 37 heavy (non-hydrogen) atoms. The average molecular weight is 500 g/mol. The largest absolute Gasteiger partial charge is 0.496 e. The third-order valence-electron chi connectivity index (χ3n) is 7.59. The van der Waals surface area contributed by atoms with E-state index in [0.29, 0.717) is 42.9 Å². The molecular weight excluding hydrogens is 466 g/mol. The zero-order chi connectivity index (χ0) is 26.3. The molecule has 2 amide bonds. The first-order valence-corrected chi connectivity index (χ1v) is 12.6. The van der Waals surface area contributed by atoms with Crippen LogP contribution in [0.15, 0.2) is 54.7 Å². The lowest BCUT2D eigenvalue weighted by atomic mass is 9.73. The molecule has 1 saturated heterocycles. The van der Waals surface area contributed by atoms with Gasteiger partial charge in [0.15, 0.2) is 0 Å². The normalized spacial score (nSPS) is 16.3. The van der Waals surface area contributed by atoms with E-state index in [9.17, 15) is 9.59 Å². The molecule has 0 radical (unpaired) electrons. The summed E-state index contributed by atoms with van der Waals surface area (Å²) in [6.07, 6.45) is 2.98. The van der Waals surface area contributed by atoms with E-state index in [1.807, 2.05) is 36.1 Å². The highest BCUT2D eigenvalue weighted by Crippen LogP contribution is 2.50. The Balaban J connectivity index is 1.33. The molecule has 3 aromatic rings. The average Bonchev–Trinajstić information content (AvgIpc) is 3.12. The fourth-order valence-electron chi connectivity index (χ4n) is 5.56. The number of para-hydroxylation sites is 2. The minimum Gasteiger partial charge on any atom is -0.496 e. The molecule has 0 atom stereocenters. The first-order chi connectivity index (χ1) is 17.7. The second-order valence-corrected chi connectivity index (χ2v) is 10.1. The van der Waals surface area contributed by atoms with Crippen LogP contribution < -0.4 is 25.6 Å². The number of hydrogen-bond acceptors (Lipinski definition) is 6. The first kappa shape index (κ1) is 24.6. The van der Waals surface area contributed by atoms with E-state index in [1.165, 1.54) is 0 Å². The molecule has 1 aromatic heterocycles. The molecule has 2 aromatic carbocycles. The Bertz CT molecular complexity index is 1340. The van der Waals surface area contributed by atoms with Crippen LogP contribution in [0.1, 0.15) is 48.2 Å². The summed E-state index contributed by atoms with van der Waals surface area (Å²) >= 11 is 0. The molecule has 3 heterocycles. The van der Waals surface area contributed by atoms with Crippen molar-refractivity contribution in [3.8, 4) is 5.75 Å². The number of methoxy groups -OCH3 is 1. The molecule has 5 rings (SSSR count). The Labute approximate surface area is 217 Å². The molecular formula is C29H33N5O3. The zero-order valence-electron chi connectivity index (χ0n) is 21.7. The lowest BCUT2D eigenvalue weighted by Crippen LogP contribution is -2.50. The molecule has 3 N–H and O–H groups in total. The van der Waals surface area contributed by atoms with Gasteiger partial charge in [0.2, 0.25) is 5.91 Å². The predicted molar refractivity (Wildman–Crippen MR) is 147 cm³/mol. The van der Waals surface area contributed by atoms with Gasteiger partial charge in [0, 0.05) is 31.4 Å². The van der Waals surface area contributed by atoms with Crippen LogP contribution in [-0.4, -0.2) is 43.0 Å². The minimum absolute atomic E-state index is 0.0580. The van der Waals surface area contributed by atoms with Crippen LogP contribution in [0.3, 0.4) is 0 Å². The highest BCUT2D eigenvalue weighted by atomic mass is 16.5. The number of nitrogens with zero attached hydrogens (tertiary/aromatic N) is 3. The Morgan fingerprint density at radius 1 is 1.14 bits per heavy atom. The van der Waals surface area contributed by atoms with E-state index in [4.69, 9.17) is 10.5 Å². The van der Waals surface area contributed by atoms with Crippen molar-refractivity contribution in [3.63, 3.8) is 0 Å². The van der Waals surface area contributed by atoms with Crippen molar-refractivity contribution < 1.29 is 14.3 Å². The summed E-state index contributed by atoms with van der Waals surface area (Å²) in [5.74, 6) is 1.50. The minimum atomic E-state index is -0.539. The molecule has 0 unspecified atom stereocenters. The van der Waals surface area contributed by atoms with Crippen molar-refractivity contribution in [1.29, 1.82) is 0 Å². The van der Waals surface area contributed by atoms with Crippen molar-refractivity contribution in [2.24, 2.45) is 0 Å². The van der Waals surface area contributed by atoms with Gasteiger partial charge in [-0.05, 0) is 75.1 Å². The van der Waals surface area contributed by atoms with Gasteiger partial charge in [0.25, 0.3) is 5.91 Å². The number of carbonyl (C=O) groups excluding carboxylic acids is 2. The standard InChI is InChI=1S/C29H33N5O3/c1-18(2)34-24-16-25(37-4)19(3)15-21(24)29(28(34)36)11-13-33(14-12-29)26-10-9-20(17-31-26)27(35)32-23-8-6-5-7-22(23)30/h5-10,15-18H,11-14,30H2,1-4H3,(H,32,35). The van der Waals surface area contributed by atoms with E-state index in [0.717, 1.165) is 28.4 Å². The number of hydrogen-bond donors (Lipinski definition) is 2. The molecule has 1 fully saturated rings. The summed E-state index contributed by atoms with van der Waals surface area (Å²) in [6.45, 7) is 7.52. The number of fused-ring (bicyclic) bond motifs is 2. The van der Waals surface area contributed by atoms with Crippen molar-refractivity contribution in [2.45, 2.75) is 45.1 Å². The number of rotatable bonds is 5. The Kier molecular flexibility index (Phi) is 6.27. The van der Waals surface area contributed by atoms with E-state index in [-0.39, 0.29) is 17.9 Å². The SMILES string of the molecule is COc1cc2c(cc1C)C1(CCN(c3ccc(C(=O)Nc4ccccc4N)cn3)CC1)C(=O)N2C(C)C. The van der Waals surface area contributed by atoms with E-state index >= 15 is 0 Å². The number of anilines is 4. The van der Waals surface area contributed by atoms with Crippen LogP contribution in [0, 0.1) is 6.92 Å². The predicted octanol–water partition coefficient (Wildman–Crippen LogP) is 4.53. The number of pyridine rings is 1. The Morgan fingerprint density at radius 2 is 1.86 bits per heavy atom. The highest BCUT2D eigenvalue weighted by molar-refractivity contribution is 6.09. The van der Waals surface area contributed by atoms with Gasteiger partial charge in [-0.15, -0.1) is 0 Å². The summed E-state index contributed by atoms with van der Waals surface area (Å²) in [7, 11) is 1.67. The van der Waals surface area contributed by atoms with Crippen molar-refractivity contribution in [2.75, 3.05) is 41.0 Å². The maximum Gasteiger partial charge on any atom is 0.257 e. The highest BCUT2D eigenvalue weighted by Gasteiger charge is 2.53. The summed E-state index contributed by atoms with van der Waals surface area (Å²) in [5, 5.41) is 2.83. The van der Waals surface area contributed by atoms with Crippen LogP contribution in [0.4, 0.5) is 22.9 Å². The van der Waals surface area contributed by atoms with E-state index < -0.39 is 5.41 Å². The maximum absolute atomic E-state index is 13.8. The van der Waals surface area contributed by atoms with Gasteiger partial charge in [-0.2, -0.15) is 0 Å². The van der Waals surface area contributed by atoms with Gasteiger partial charge in [-0.3, -0.25) is 9.59 Å². The van der Waals surface area contributed by atoms with Gasteiger partial charge in [0.1, 0.15) is 11.6 Å². The van der Waals surface area contributed by atoms with Crippen LogP contribution in [0.2, 0.25) is 0 Å². The quantitative estimate of drug-likeness (QED) is 0.501. The van der Waals surface area contributed by atoms with Crippen LogP contribution in [-0.2, 0) is 10.2 Å². The van der Waals surface area contributed by atoms with Crippen LogP contribution in [0.25, 0.3) is 0 Å². The summed E-state index contributed by atoms with van der Waals surface area (Å²) < 4.78 is 5.56. The van der Waals surface area contributed by atoms with Crippen molar-refractivity contribution >= 4 is 34.7 Å². The van der Waals surface area contributed by atoms with Crippen molar-refractivity contribution in [1.82, 2.24) is 4.98 Å². The van der Waals surface area contributed by atoms with Crippen molar-refractivity contribution in [3.05, 3.63) is 71.4 Å². The fourth-order valence-corrected chi connectivity index (χ4v) is 5.56. The molecule has 0 aliphatic carbocycles. The number of aromatic nitrogens is 1. The Hall–Kier alpha value is -4.07. The van der Waals surface area contributed by atoms with Crippen LogP contribution >= 0.6 is 0 Å². The topological polar surface area (TPSA) is 101 Å². The number of benzene rings is 2. The lowest BCUT2D eigenvalue weighted by Gasteiger charge is -2.39. The van der Waals surface area contributed by atoms with Gasteiger partial charge in [0.05, 0.1) is 35.2 Å². The molecule has 8 nitrogen and oxygen atoms in total. The number of nitrogens with one attached hydrogen (secondary N) is 1. The monoisotopic (exact) mass is 499 g/mol. The van der Waals surface area contributed by atoms with Gasteiger partial charge < -0.3 is 25.6 Å². The summed E-state index contributed by atoms with van der Waals surface area (Å²) in [6, 6.07) is 15.0. The molecule has 192 valence electrons. The van der Waals surface area contributed by atoms with E-state index in [1.54, 1.807) is 31.5 Å². The molecule has 0 saturated carbocycles. The second kappa shape index (κ2) is 9.42. The first-order valence-electron chi connectivity index (χ1n) is 12.6. The number of nitrogens with two attached hydrogens (primary N) is 1. The number of piperidine rings is 1. The van der Waals surface area contributed by atoms with Crippen LogP contribution in [0.5, 0.6) is 5.75 Å². The van der Waals surface area contributed by atoms with Gasteiger partial charge >= 0.3 is 0 Å². The third-order valence-corrected chi connectivity index (χ3v) is 7.59. The Morgan fingerprint density at radius 3 is 2.49 bits per heavy atom. The molecule has 0 bridgehead atoms. The summed E-state index contributed by atoms with van der Waals surface area (Å²) in [5.41, 5.74) is 10.0. The van der Waals surface area contributed by atoms with E-state index in [2.05, 4.69) is 35.1 Å². The maximum atomic E-state index is 13.8. The third kappa shape index (κ3) is 4.16. The molecule has 1 spiro atoms. The van der Waals surface area contributed by atoms with Gasteiger partial charge in [-0.25, -0.2) is 4.98 Å². The van der Waals surface area contributed by atoms with Gasteiger partial charge in [-0.1, -0.05) is 12.1 Å². The lowest BCUT2D eigenvalue weighted by molar-refractivity contribution is -0.124. The number of amides is 2. The smallest absolute Gasteiger partial charge is 0.257 e. The second-order valence-electron chi connectivity index (χ2n) is 10.1. The molecule has 2 aliphatic rings. The number of ether oxygens (including phenoxy) is 1. The summed E-state index contributed by atoms with van der Waals surface area (Å²) in [4.78, 5) is 35.2. The number of aryl methyl sites for hydroxylation is 1. The number of nitrogen functional groups attached to an aromatic ring is 1. The number of carbonyl (C=O) groups is 2. The zero-order valence-corrected chi connectivity index (χ0v) is 21.7. The fraction of sp³-hybridized carbons (Fsp3) is 0.345.